The average Bonchev–Trinajstić information content (AvgIpc) is 3.01. The van der Waals surface area contributed by atoms with Gasteiger partial charge >= 0.3 is 0 Å². The van der Waals surface area contributed by atoms with E-state index in [4.69, 9.17) is 4.52 Å². The van der Waals surface area contributed by atoms with Crippen LogP contribution in [0.3, 0.4) is 0 Å². The van der Waals surface area contributed by atoms with Gasteiger partial charge in [-0.1, -0.05) is 17.3 Å². The summed E-state index contributed by atoms with van der Waals surface area (Å²) in [4.78, 5) is 4.35. The van der Waals surface area contributed by atoms with E-state index in [0.29, 0.717) is 22.8 Å². The van der Waals surface area contributed by atoms with E-state index in [1.54, 1.807) is 19.1 Å². The van der Waals surface area contributed by atoms with E-state index in [2.05, 4.69) is 15.5 Å². The number of aryl methyl sites for hydroxylation is 1. The first kappa shape index (κ1) is 11.3. The molecular weight excluding hydrogens is 233 g/mol. The van der Waals surface area contributed by atoms with E-state index in [9.17, 15) is 4.39 Å². The minimum atomic E-state index is -0.249. The van der Waals surface area contributed by atoms with Crippen molar-refractivity contribution in [1.82, 2.24) is 15.5 Å². The fourth-order valence-corrected chi connectivity index (χ4v) is 2.12. The maximum atomic E-state index is 13.5. The first-order chi connectivity index (χ1) is 8.74. The van der Waals surface area contributed by atoms with Gasteiger partial charge in [-0.2, -0.15) is 4.98 Å². The van der Waals surface area contributed by atoms with Gasteiger partial charge in [-0.05, 0) is 31.5 Å². The minimum absolute atomic E-state index is 0.249. The van der Waals surface area contributed by atoms with Crippen LogP contribution in [0.25, 0.3) is 11.4 Å². The van der Waals surface area contributed by atoms with Gasteiger partial charge in [-0.15, -0.1) is 0 Å². The molecule has 1 aliphatic heterocycles. The smallest absolute Gasteiger partial charge is 0.231 e. The van der Waals surface area contributed by atoms with Crippen molar-refractivity contribution >= 4 is 0 Å². The van der Waals surface area contributed by atoms with Crippen LogP contribution < -0.4 is 5.32 Å². The van der Waals surface area contributed by atoms with Crippen LogP contribution in [0, 0.1) is 12.7 Å². The third kappa shape index (κ3) is 2.01. The summed E-state index contributed by atoms with van der Waals surface area (Å²) in [5.74, 6) is 1.12. The number of nitrogens with zero attached hydrogens (tertiary/aromatic N) is 2. The summed E-state index contributed by atoms with van der Waals surface area (Å²) < 4.78 is 18.7. The van der Waals surface area contributed by atoms with Crippen LogP contribution in [0.15, 0.2) is 22.7 Å². The van der Waals surface area contributed by atoms with Gasteiger partial charge in [0.2, 0.25) is 11.7 Å². The first-order valence-electron chi connectivity index (χ1n) is 6.05. The second kappa shape index (κ2) is 4.49. The Morgan fingerprint density at radius 1 is 1.44 bits per heavy atom. The lowest BCUT2D eigenvalue weighted by atomic mass is 10.1. The van der Waals surface area contributed by atoms with Crippen LogP contribution >= 0.6 is 0 Å². The predicted octanol–water partition coefficient (Wildman–Crippen LogP) is 2.26. The Morgan fingerprint density at radius 3 is 3.06 bits per heavy atom. The highest BCUT2D eigenvalue weighted by molar-refractivity contribution is 5.55. The summed E-state index contributed by atoms with van der Waals surface area (Å²) in [6.07, 6.45) is 1.00. The van der Waals surface area contributed by atoms with Gasteiger partial charge < -0.3 is 9.84 Å². The average molecular weight is 247 g/mol. The van der Waals surface area contributed by atoms with E-state index in [1.807, 2.05) is 0 Å². The van der Waals surface area contributed by atoms with Crippen LogP contribution in [0.2, 0.25) is 0 Å². The fourth-order valence-electron chi connectivity index (χ4n) is 2.12. The third-order valence-corrected chi connectivity index (χ3v) is 3.28. The van der Waals surface area contributed by atoms with Crippen molar-refractivity contribution in [2.45, 2.75) is 19.3 Å². The molecule has 0 radical (unpaired) electrons. The molecule has 2 aromatic rings. The summed E-state index contributed by atoms with van der Waals surface area (Å²) >= 11 is 0. The molecule has 3 rings (SSSR count). The molecule has 0 unspecified atom stereocenters. The highest BCUT2D eigenvalue weighted by atomic mass is 19.1. The largest absolute Gasteiger partial charge is 0.339 e. The molecule has 0 saturated carbocycles. The van der Waals surface area contributed by atoms with Gasteiger partial charge in [0, 0.05) is 12.1 Å². The minimum Gasteiger partial charge on any atom is -0.339 e. The normalized spacial score (nSPS) is 19.3. The quantitative estimate of drug-likeness (QED) is 0.884. The lowest BCUT2D eigenvalue weighted by Crippen LogP contribution is -2.08. The molecule has 0 spiro atoms. The van der Waals surface area contributed by atoms with Crippen molar-refractivity contribution < 1.29 is 8.91 Å². The van der Waals surface area contributed by atoms with E-state index < -0.39 is 0 Å². The van der Waals surface area contributed by atoms with Crippen LogP contribution in [0.5, 0.6) is 0 Å². The standard InChI is InChI=1S/C13H14FN3O/c1-8-2-3-9(6-11(8)14)12-16-13(18-17-12)10-4-5-15-7-10/h2-3,6,10,15H,4-5,7H2,1H3/t10-/m1/s1. The monoisotopic (exact) mass is 247 g/mol. The van der Waals surface area contributed by atoms with Crippen LogP contribution in [0.1, 0.15) is 23.8 Å². The molecule has 94 valence electrons. The molecule has 1 saturated heterocycles. The SMILES string of the molecule is Cc1ccc(-c2noc([C@@H]3CCNC3)n2)cc1F. The molecular formula is C13H14FN3O. The van der Waals surface area contributed by atoms with Crippen molar-refractivity contribution in [3.8, 4) is 11.4 Å². The van der Waals surface area contributed by atoms with E-state index in [0.717, 1.165) is 19.5 Å². The van der Waals surface area contributed by atoms with E-state index >= 15 is 0 Å². The van der Waals surface area contributed by atoms with Gasteiger partial charge in [-0.3, -0.25) is 0 Å². The van der Waals surface area contributed by atoms with E-state index in [-0.39, 0.29) is 11.7 Å². The first-order valence-corrected chi connectivity index (χ1v) is 6.05. The Balaban J connectivity index is 1.89. The molecule has 0 aliphatic carbocycles. The molecule has 4 nitrogen and oxygen atoms in total. The fraction of sp³-hybridized carbons (Fsp3) is 0.385. The number of nitrogens with one attached hydrogen (secondary N) is 1. The number of benzene rings is 1. The molecule has 1 aliphatic rings. The zero-order valence-corrected chi connectivity index (χ0v) is 10.1. The highest BCUT2D eigenvalue weighted by Gasteiger charge is 2.23. The second-order valence-electron chi connectivity index (χ2n) is 4.61. The van der Waals surface area contributed by atoms with Crippen LogP contribution in [-0.2, 0) is 0 Å². The Kier molecular flexibility index (Phi) is 2.83. The van der Waals surface area contributed by atoms with E-state index in [1.165, 1.54) is 6.07 Å². The number of aromatic nitrogens is 2. The Bertz CT molecular complexity index is 561. The number of hydrogen-bond donors (Lipinski definition) is 1. The van der Waals surface area contributed by atoms with Gasteiger partial charge in [0.25, 0.3) is 0 Å². The molecule has 1 aromatic carbocycles. The Hall–Kier alpha value is -1.75. The number of rotatable bonds is 2. The molecule has 1 atom stereocenters. The molecule has 1 fully saturated rings. The maximum Gasteiger partial charge on any atom is 0.231 e. The Morgan fingerprint density at radius 2 is 2.33 bits per heavy atom. The van der Waals surface area contributed by atoms with Crippen LogP contribution in [-0.4, -0.2) is 23.2 Å². The van der Waals surface area contributed by atoms with Crippen molar-refractivity contribution in [1.29, 1.82) is 0 Å². The van der Waals surface area contributed by atoms with Gasteiger partial charge in [-0.25, -0.2) is 4.39 Å². The van der Waals surface area contributed by atoms with Crippen LogP contribution in [0.4, 0.5) is 4.39 Å². The molecule has 5 heteroatoms. The summed E-state index contributed by atoms with van der Waals surface area (Å²) in [6, 6.07) is 4.97. The summed E-state index contributed by atoms with van der Waals surface area (Å²) in [5, 5.41) is 7.17. The lowest BCUT2D eigenvalue weighted by molar-refractivity contribution is 0.359. The molecule has 0 bridgehead atoms. The van der Waals surface area contributed by atoms with Gasteiger partial charge in [0.15, 0.2) is 0 Å². The summed E-state index contributed by atoms with van der Waals surface area (Å²) in [7, 11) is 0. The predicted molar refractivity (Wildman–Crippen MR) is 64.7 cm³/mol. The summed E-state index contributed by atoms with van der Waals surface area (Å²) in [5.41, 5.74) is 1.27. The topological polar surface area (TPSA) is 51.0 Å². The highest BCUT2D eigenvalue weighted by Crippen LogP contribution is 2.24. The molecule has 0 amide bonds. The summed E-state index contributed by atoms with van der Waals surface area (Å²) in [6.45, 7) is 3.57. The molecule has 1 aromatic heterocycles. The second-order valence-corrected chi connectivity index (χ2v) is 4.61. The molecule has 2 heterocycles. The molecule has 18 heavy (non-hydrogen) atoms. The van der Waals surface area contributed by atoms with Crippen molar-refractivity contribution in [3.05, 3.63) is 35.5 Å². The van der Waals surface area contributed by atoms with Crippen molar-refractivity contribution in [3.63, 3.8) is 0 Å². The van der Waals surface area contributed by atoms with Gasteiger partial charge in [0.1, 0.15) is 5.82 Å². The molecule has 1 N–H and O–H groups in total. The van der Waals surface area contributed by atoms with Gasteiger partial charge in [0.05, 0.1) is 5.92 Å². The van der Waals surface area contributed by atoms with Crippen molar-refractivity contribution in [2.24, 2.45) is 0 Å². The third-order valence-electron chi connectivity index (χ3n) is 3.28. The van der Waals surface area contributed by atoms with Crippen molar-refractivity contribution in [2.75, 3.05) is 13.1 Å². The zero-order valence-electron chi connectivity index (χ0n) is 10.1. The Labute approximate surface area is 104 Å². The zero-order chi connectivity index (χ0) is 12.5. The number of halogens is 1. The maximum absolute atomic E-state index is 13.5. The number of hydrogen-bond acceptors (Lipinski definition) is 4. The lowest BCUT2D eigenvalue weighted by Gasteiger charge is -1.99.